The third-order valence-electron chi connectivity index (χ3n) is 4.64. The van der Waals surface area contributed by atoms with Gasteiger partial charge in [0.15, 0.2) is 0 Å². The van der Waals surface area contributed by atoms with Gasteiger partial charge in [0.05, 0.1) is 17.0 Å². The van der Waals surface area contributed by atoms with Crippen LogP contribution in [0.1, 0.15) is 42.5 Å². The topological polar surface area (TPSA) is 55.4 Å². The number of fused-ring (bicyclic) bond motifs is 1. The van der Waals surface area contributed by atoms with Crippen molar-refractivity contribution in [3.8, 4) is 5.75 Å². The Balaban J connectivity index is 1.81. The number of hydrogen-bond donors (Lipinski definition) is 1. The van der Waals surface area contributed by atoms with Gasteiger partial charge in [0.1, 0.15) is 5.75 Å². The van der Waals surface area contributed by atoms with Crippen molar-refractivity contribution in [1.82, 2.24) is 4.72 Å². The van der Waals surface area contributed by atoms with Crippen molar-refractivity contribution >= 4 is 21.6 Å². The van der Waals surface area contributed by atoms with Crippen molar-refractivity contribution in [1.29, 1.82) is 0 Å². The summed E-state index contributed by atoms with van der Waals surface area (Å²) in [4.78, 5) is 0.128. The van der Waals surface area contributed by atoms with E-state index in [0.717, 1.165) is 18.4 Å². The molecular weight excluding hydrogens is 358 g/mol. The van der Waals surface area contributed by atoms with Gasteiger partial charge in [-0.1, -0.05) is 29.8 Å². The molecule has 2 aromatic rings. The highest BCUT2D eigenvalue weighted by molar-refractivity contribution is 7.89. The second kappa shape index (κ2) is 7.36. The normalized spacial score (nSPS) is 15.5. The van der Waals surface area contributed by atoms with Crippen LogP contribution in [0.3, 0.4) is 0 Å². The number of halogens is 1. The van der Waals surface area contributed by atoms with E-state index in [2.05, 4.69) is 16.9 Å². The molecule has 4 nitrogen and oxygen atoms in total. The molecule has 2 aromatic carbocycles. The lowest BCUT2D eigenvalue weighted by atomic mass is 9.89. The molecule has 0 saturated heterocycles. The van der Waals surface area contributed by atoms with Gasteiger partial charge in [-0.05, 0) is 67.5 Å². The van der Waals surface area contributed by atoms with Crippen LogP contribution in [0, 0.1) is 0 Å². The van der Waals surface area contributed by atoms with Gasteiger partial charge in [-0.15, -0.1) is 0 Å². The molecule has 0 aromatic heterocycles. The molecule has 0 radical (unpaired) electrons. The number of hydrogen-bond acceptors (Lipinski definition) is 3. The number of rotatable bonds is 5. The van der Waals surface area contributed by atoms with Crippen LogP contribution in [-0.4, -0.2) is 15.5 Å². The molecule has 0 fully saturated rings. The molecule has 25 heavy (non-hydrogen) atoms. The maximum atomic E-state index is 12.6. The van der Waals surface area contributed by atoms with Gasteiger partial charge < -0.3 is 4.74 Å². The highest BCUT2D eigenvalue weighted by Crippen LogP contribution is 2.28. The van der Waals surface area contributed by atoms with Crippen molar-refractivity contribution in [3.63, 3.8) is 0 Å². The Morgan fingerprint density at radius 1 is 1.08 bits per heavy atom. The van der Waals surface area contributed by atoms with Crippen molar-refractivity contribution in [2.45, 2.75) is 43.5 Å². The first-order valence-corrected chi connectivity index (χ1v) is 10.2. The Hall–Kier alpha value is -1.56. The molecule has 1 N–H and O–H groups in total. The van der Waals surface area contributed by atoms with Crippen LogP contribution in [0.25, 0.3) is 0 Å². The smallest absolute Gasteiger partial charge is 0.241 e. The highest BCUT2D eigenvalue weighted by Gasteiger charge is 2.20. The molecule has 1 atom stereocenters. The molecule has 0 aliphatic heterocycles. The standard InChI is InChI=1S/C19H22ClNO3S/c1-13(15-8-7-14-5-3-4-6-16(14)11-15)21-25(22,23)17-9-10-19(24-2)18(20)12-17/h7-13,21H,3-6H2,1-2H3. The number of nitrogens with one attached hydrogen (secondary N) is 1. The minimum Gasteiger partial charge on any atom is -0.495 e. The minimum atomic E-state index is -3.67. The zero-order valence-corrected chi connectivity index (χ0v) is 16.0. The molecule has 0 bridgehead atoms. The predicted molar refractivity (Wildman–Crippen MR) is 99.8 cm³/mol. The number of sulfonamides is 1. The van der Waals surface area contributed by atoms with Crippen molar-refractivity contribution in [3.05, 3.63) is 58.1 Å². The molecule has 0 amide bonds. The van der Waals surface area contributed by atoms with E-state index >= 15 is 0 Å². The quantitative estimate of drug-likeness (QED) is 0.844. The van der Waals surface area contributed by atoms with Gasteiger partial charge in [-0.2, -0.15) is 0 Å². The third kappa shape index (κ3) is 4.00. The van der Waals surface area contributed by atoms with Crippen molar-refractivity contribution in [2.24, 2.45) is 0 Å². The van der Waals surface area contributed by atoms with Gasteiger partial charge in [-0.25, -0.2) is 13.1 Å². The average Bonchev–Trinajstić information content (AvgIpc) is 2.60. The Labute approximate surface area is 154 Å². The molecule has 134 valence electrons. The predicted octanol–water partition coefficient (Wildman–Crippen LogP) is 4.27. The lowest BCUT2D eigenvalue weighted by Gasteiger charge is -2.20. The number of aryl methyl sites for hydroxylation is 2. The van der Waals surface area contributed by atoms with E-state index in [0.29, 0.717) is 5.75 Å². The summed E-state index contributed by atoms with van der Waals surface area (Å²) in [6.45, 7) is 1.85. The lowest BCUT2D eigenvalue weighted by molar-refractivity contribution is 0.414. The van der Waals surface area contributed by atoms with Crippen molar-refractivity contribution in [2.75, 3.05) is 7.11 Å². The fourth-order valence-electron chi connectivity index (χ4n) is 3.21. The molecule has 0 spiro atoms. The Morgan fingerprint density at radius 3 is 2.48 bits per heavy atom. The van der Waals surface area contributed by atoms with Crippen LogP contribution < -0.4 is 9.46 Å². The largest absolute Gasteiger partial charge is 0.495 e. The van der Waals surface area contributed by atoms with Crippen LogP contribution >= 0.6 is 11.6 Å². The molecule has 0 saturated carbocycles. The van der Waals surface area contributed by atoms with Crippen LogP contribution in [0.5, 0.6) is 5.75 Å². The fourth-order valence-corrected chi connectivity index (χ4v) is 4.79. The van der Waals surface area contributed by atoms with Gasteiger partial charge in [-0.3, -0.25) is 0 Å². The van der Waals surface area contributed by atoms with E-state index in [4.69, 9.17) is 16.3 Å². The van der Waals surface area contributed by atoms with Crippen LogP contribution in [-0.2, 0) is 22.9 Å². The highest BCUT2D eigenvalue weighted by atomic mass is 35.5. The van der Waals surface area contributed by atoms with Gasteiger partial charge in [0.2, 0.25) is 10.0 Å². The van der Waals surface area contributed by atoms with Crippen LogP contribution in [0.15, 0.2) is 41.3 Å². The Morgan fingerprint density at radius 2 is 1.80 bits per heavy atom. The van der Waals surface area contributed by atoms with E-state index in [1.54, 1.807) is 6.07 Å². The number of methoxy groups -OCH3 is 1. The summed E-state index contributed by atoms with van der Waals surface area (Å²) in [7, 11) is -2.17. The zero-order valence-electron chi connectivity index (χ0n) is 14.4. The van der Waals surface area contributed by atoms with Gasteiger partial charge in [0.25, 0.3) is 0 Å². The first kappa shape index (κ1) is 18.2. The zero-order chi connectivity index (χ0) is 18.0. The van der Waals surface area contributed by atoms with Crippen LogP contribution in [0.2, 0.25) is 5.02 Å². The SMILES string of the molecule is COc1ccc(S(=O)(=O)NC(C)c2ccc3c(c2)CCCC3)cc1Cl. The molecule has 6 heteroatoms. The van der Waals surface area contributed by atoms with E-state index < -0.39 is 10.0 Å². The summed E-state index contributed by atoms with van der Waals surface area (Å²) in [6, 6.07) is 10.4. The average molecular weight is 380 g/mol. The monoisotopic (exact) mass is 379 g/mol. The molecule has 1 aliphatic carbocycles. The summed E-state index contributed by atoms with van der Waals surface area (Å²) in [5.41, 5.74) is 3.69. The summed E-state index contributed by atoms with van der Waals surface area (Å²) in [5.74, 6) is 0.448. The number of ether oxygens (including phenoxy) is 1. The second-order valence-electron chi connectivity index (χ2n) is 6.37. The van der Waals surface area contributed by atoms with Crippen molar-refractivity contribution < 1.29 is 13.2 Å². The maximum Gasteiger partial charge on any atom is 0.241 e. The summed E-state index contributed by atoms with van der Waals surface area (Å²) >= 11 is 6.05. The molecule has 3 rings (SSSR count). The lowest BCUT2D eigenvalue weighted by Crippen LogP contribution is -2.27. The van der Waals surface area contributed by atoms with E-state index in [-0.39, 0.29) is 16.0 Å². The maximum absolute atomic E-state index is 12.6. The van der Waals surface area contributed by atoms with E-state index in [9.17, 15) is 8.42 Å². The number of benzene rings is 2. The molecular formula is C19H22ClNO3S. The molecule has 1 unspecified atom stereocenters. The third-order valence-corrected chi connectivity index (χ3v) is 6.47. The minimum absolute atomic E-state index is 0.128. The van der Waals surface area contributed by atoms with Crippen LogP contribution in [0.4, 0.5) is 0 Å². The van der Waals surface area contributed by atoms with E-state index in [1.165, 1.54) is 43.2 Å². The summed E-state index contributed by atoms with van der Waals surface area (Å²) < 4.78 is 33.1. The fraction of sp³-hybridized carbons (Fsp3) is 0.368. The molecule has 1 aliphatic rings. The first-order valence-electron chi connectivity index (χ1n) is 8.38. The van der Waals surface area contributed by atoms with Gasteiger partial charge in [0, 0.05) is 6.04 Å². The Kier molecular flexibility index (Phi) is 5.37. The summed E-state index contributed by atoms with van der Waals surface area (Å²) in [6.07, 6.45) is 4.60. The van der Waals surface area contributed by atoms with E-state index in [1.807, 2.05) is 13.0 Å². The molecule has 0 heterocycles. The van der Waals surface area contributed by atoms with Gasteiger partial charge >= 0.3 is 0 Å². The first-order chi connectivity index (χ1) is 11.9. The second-order valence-corrected chi connectivity index (χ2v) is 8.50. The summed E-state index contributed by atoms with van der Waals surface area (Å²) in [5, 5.41) is 0.270. The Bertz CT molecular complexity index is 880.